The van der Waals surface area contributed by atoms with E-state index >= 15 is 0 Å². The molecule has 3 nitrogen and oxygen atoms in total. The number of halogens is 1. The van der Waals surface area contributed by atoms with Crippen molar-refractivity contribution in [3.63, 3.8) is 0 Å². The summed E-state index contributed by atoms with van der Waals surface area (Å²) in [7, 11) is 0. The minimum atomic E-state index is -0.173. The first kappa shape index (κ1) is 17.7. The first-order chi connectivity index (χ1) is 11.5. The largest absolute Gasteiger partial charge is 0.393 e. The SMILES string of the molecule is Cc1cc(C2=CCC(C(=O)NC3CCC(O)CC3)CC2)ccc1Br. The molecule has 0 saturated heterocycles. The van der Waals surface area contributed by atoms with Gasteiger partial charge in [0, 0.05) is 16.4 Å². The zero-order chi connectivity index (χ0) is 17.1. The molecule has 24 heavy (non-hydrogen) atoms. The highest BCUT2D eigenvalue weighted by atomic mass is 79.9. The second kappa shape index (κ2) is 7.83. The molecule has 0 aromatic heterocycles. The van der Waals surface area contributed by atoms with Gasteiger partial charge in [0.05, 0.1) is 6.10 Å². The van der Waals surface area contributed by atoms with Crippen LogP contribution in [0.5, 0.6) is 0 Å². The van der Waals surface area contributed by atoms with Crippen molar-refractivity contribution >= 4 is 27.4 Å². The van der Waals surface area contributed by atoms with Crippen LogP contribution in [-0.2, 0) is 4.79 Å². The van der Waals surface area contributed by atoms with Crippen LogP contribution in [-0.4, -0.2) is 23.2 Å². The summed E-state index contributed by atoms with van der Waals surface area (Å²) in [4.78, 5) is 12.5. The Balaban J connectivity index is 1.56. The number of nitrogens with one attached hydrogen (secondary N) is 1. The van der Waals surface area contributed by atoms with Crippen LogP contribution in [0, 0.1) is 12.8 Å². The molecule has 0 bridgehead atoms. The zero-order valence-corrected chi connectivity index (χ0v) is 15.8. The van der Waals surface area contributed by atoms with E-state index in [0.29, 0.717) is 0 Å². The Morgan fingerprint density at radius 3 is 2.58 bits per heavy atom. The molecule has 2 aliphatic rings. The van der Waals surface area contributed by atoms with Gasteiger partial charge >= 0.3 is 0 Å². The molecule has 130 valence electrons. The molecule has 0 heterocycles. The highest BCUT2D eigenvalue weighted by Crippen LogP contribution is 2.32. The first-order valence-corrected chi connectivity index (χ1v) is 9.76. The van der Waals surface area contributed by atoms with Crippen molar-refractivity contribution < 1.29 is 9.90 Å². The highest BCUT2D eigenvalue weighted by molar-refractivity contribution is 9.10. The van der Waals surface area contributed by atoms with Crippen molar-refractivity contribution in [2.24, 2.45) is 5.92 Å². The molecule has 2 N–H and O–H groups in total. The van der Waals surface area contributed by atoms with Crippen LogP contribution in [0.2, 0.25) is 0 Å². The number of carbonyl (C=O) groups excluding carboxylic acids is 1. The number of benzene rings is 1. The first-order valence-electron chi connectivity index (χ1n) is 8.97. The fraction of sp³-hybridized carbons (Fsp3) is 0.550. The van der Waals surface area contributed by atoms with E-state index < -0.39 is 0 Å². The molecule has 1 unspecified atom stereocenters. The van der Waals surface area contributed by atoms with Crippen molar-refractivity contribution in [2.45, 2.75) is 64.0 Å². The number of aryl methyl sites for hydroxylation is 1. The quantitative estimate of drug-likeness (QED) is 0.803. The maximum Gasteiger partial charge on any atom is 0.223 e. The Kier molecular flexibility index (Phi) is 5.77. The Labute approximate surface area is 152 Å². The number of amides is 1. The van der Waals surface area contributed by atoms with E-state index in [4.69, 9.17) is 0 Å². The van der Waals surface area contributed by atoms with E-state index in [1.54, 1.807) is 0 Å². The molecule has 1 aromatic carbocycles. The van der Waals surface area contributed by atoms with E-state index in [0.717, 1.165) is 49.4 Å². The predicted molar refractivity (Wildman–Crippen MR) is 101 cm³/mol. The molecule has 1 saturated carbocycles. The molecule has 2 aliphatic carbocycles. The van der Waals surface area contributed by atoms with Crippen LogP contribution in [0.15, 0.2) is 28.7 Å². The van der Waals surface area contributed by atoms with Crippen molar-refractivity contribution in [1.29, 1.82) is 0 Å². The number of hydrogen-bond acceptors (Lipinski definition) is 2. The smallest absolute Gasteiger partial charge is 0.223 e. The van der Waals surface area contributed by atoms with E-state index in [2.05, 4.69) is 52.4 Å². The van der Waals surface area contributed by atoms with E-state index in [1.165, 1.54) is 16.7 Å². The lowest BCUT2D eigenvalue weighted by molar-refractivity contribution is -0.126. The highest BCUT2D eigenvalue weighted by Gasteiger charge is 2.26. The molecule has 0 spiro atoms. The second-order valence-electron chi connectivity index (χ2n) is 7.18. The summed E-state index contributed by atoms with van der Waals surface area (Å²) in [6.45, 7) is 2.11. The lowest BCUT2D eigenvalue weighted by Gasteiger charge is -2.29. The standard InChI is InChI=1S/C20H26BrNO2/c1-13-12-16(6-11-19(13)21)14-2-4-15(5-3-14)20(24)22-17-7-9-18(23)10-8-17/h2,6,11-12,15,17-18,23H,3-5,7-10H2,1H3,(H,22,24). The molecule has 1 atom stereocenters. The fourth-order valence-electron chi connectivity index (χ4n) is 3.72. The van der Waals surface area contributed by atoms with Gasteiger partial charge in [0.25, 0.3) is 0 Å². The van der Waals surface area contributed by atoms with Crippen LogP contribution in [0.1, 0.15) is 56.1 Å². The molecule has 4 heteroatoms. The normalized spacial score (nSPS) is 27.5. The third-order valence-electron chi connectivity index (χ3n) is 5.35. The second-order valence-corrected chi connectivity index (χ2v) is 8.03. The Bertz CT molecular complexity index is 633. The minimum Gasteiger partial charge on any atom is -0.393 e. The number of allylic oxidation sites excluding steroid dienone is 2. The number of aliphatic hydroxyl groups is 1. The summed E-state index contributed by atoms with van der Waals surface area (Å²) in [6.07, 6.45) is 8.19. The Morgan fingerprint density at radius 2 is 1.96 bits per heavy atom. The molecule has 3 rings (SSSR count). The summed E-state index contributed by atoms with van der Waals surface area (Å²) in [5, 5.41) is 12.8. The molecule has 0 radical (unpaired) electrons. The summed E-state index contributed by atoms with van der Waals surface area (Å²) >= 11 is 3.54. The number of hydrogen-bond donors (Lipinski definition) is 2. The van der Waals surface area contributed by atoms with Gasteiger partial charge in [-0.15, -0.1) is 0 Å². The molecular weight excluding hydrogens is 366 g/mol. The zero-order valence-electron chi connectivity index (χ0n) is 14.2. The minimum absolute atomic E-state index is 0.0946. The van der Waals surface area contributed by atoms with Crippen LogP contribution >= 0.6 is 15.9 Å². The van der Waals surface area contributed by atoms with Crippen LogP contribution in [0.3, 0.4) is 0 Å². The van der Waals surface area contributed by atoms with Crippen LogP contribution in [0.4, 0.5) is 0 Å². The fourth-order valence-corrected chi connectivity index (χ4v) is 3.96. The number of aliphatic hydroxyl groups excluding tert-OH is 1. The summed E-state index contributed by atoms with van der Waals surface area (Å²) in [5.41, 5.74) is 3.87. The van der Waals surface area contributed by atoms with E-state index in [1.807, 2.05) is 0 Å². The van der Waals surface area contributed by atoms with Gasteiger partial charge in [-0.1, -0.05) is 34.1 Å². The summed E-state index contributed by atoms with van der Waals surface area (Å²) in [5.74, 6) is 0.288. The van der Waals surface area contributed by atoms with Gasteiger partial charge in [0.2, 0.25) is 5.91 Å². The average Bonchev–Trinajstić information content (AvgIpc) is 2.59. The summed E-state index contributed by atoms with van der Waals surface area (Å²) in [6, 6.07) is 6.71. The van der Waals surface area contributed by atoms with Crippen molar-refractivity contribution in [2.75, 3.05) is 0 Å². The van der Waals surface area contributed by atoms with Gasteiger partial charge in [-0.25, -0.2) is 0 Å². The third-order valence-corrected chi connectivity index (χ3v) is 6.24. The maximum absolute atomic E-state index is 12.5. The van der Waals surface area contributed by atoms with Crippen LogP contribution < -0.4 is 5.32 Å². The third kappa shape index (κ3) is 4.28. The van der Waals surface area contributed by atoms with Gasteiger partial charge in [-0.2, -0.15) is 0 Å². The Morgan fingerprint density at radius 1 is 1.21 bits per heavy atom. The molecule has 1 amide bonds. The number of carbonyl (C=O) groups is 1. The van der Waals surface area contributed by atoms with Crippen molar-refractivity contribution in [1.82, 2.24) is 5.32 Å². The molecule has 0 aliphatic heterocycles. The lowest BCUT2D eigenvalue weighted by Crippen LogP contribution is -2.41. The van der Waals surface area contributed by atoms with Crippen LogP contribution in [0.25, 0.3) is 5.57 Å². The topological polar surface area (TPSA) is 49.3 Å². The van der Waals surface area contributed by atoms with Crippen molar-refractivity contribution in [3.8, 4) is 0 Å². The molecule has 1 fully saturated rings. The molecule has 1 aromatic rings. The number of rotatable bonds is 3. The maximum atomic E-state index is 12.5. The monoisotopic (exact) mass is 391 g/mol. The predicted octanol–water partition coefficient (Wildman–Crippen LogP) is 4.36. The summed E-state index contributed by atoms with van der Waals surface area (Å²) < 4.78 is 1.14. The van der Waals surface area contributed by atoms with Gasteiger partial charge in [-0.05, 0) is 74.6 Å². The van der Waals surface area contributed by atoms with Gasteiger partial charge in [-0.3, -0.25) is 4.79 Å². The Hall–Kier alpha value is -1.13. The van der Waals surface area contributed by atoms with E-state index in [-0.39, 0.29) is 24.0 Å². The van der Waals surface area contributed by atoms with Crippen molar-refractivity contribution in [3.05, 3.63) is 39.9 Å². The van der Waals surface area contributed by atoms with Gasteiger partial charge in [0.1, 0.15) is 0 Å². The molecular formula is C20H26BrNO2. The van der Waals surface area contributed by atoms with Gasteiger partial charge in [0.15, 0.2) is 0 Å². The lowest BCUT2D eigenvalue weighted by atomic mass is 9.85. The van der Waals surface area contributed by atoms with E-state index in [9.17, 15) is 9.90 Å². The average molecular weight is 392 g/mol. The van der Waals surface area contributed by atoms with Gasteiger partial charge < -0.3 is 10.4 Å².